The zero-order valence-corrected chi connectivity index (χ0v) is 17.2. The molecule has 0 atom stereocenters. The number of ketones is 1. The van der Waals surface area contributed by atoms with Crippen LogP contribution in [0, 0.1) is 0 Å². The van der Waals surface area contributed by atoms with Gasteiger partial charge in [0.25, 0.3) is 5.56 Å². The second-order valence-corrected chi connectivity index (χ2v) is 8.80. The van der Waals surface area contributed by atoms with Crippen molar-refractivity contribution in [2.75, 3.05) is 11.5 Å². The molecule has 8 nitrogen and oxygen atoms in total. The van der Waals surface area contributed by atoms with E-state index in [9.17, 15) is 14.4 Å². The minimum Gasteiger partial charge on any atom is -0.384 e. The molecule has 0 aromatic carbocycles. The van der Waals surface area contributed by atoms with Crippen molar-refractivity contribution in [1.29, 1.82) is 0 Å². The minimum absolute atomic E-state index is 0.00831. The van der Waals surface area contributed by atoms with E-state index < -0.39 is 17.0 Å². The molecule has 2 N–H and O–H groups in total. The van der Waals surface area contributed by atoms with Crippen LogP contribution in [0.25, 0.3) is 10.2 Å². The molecule has 0 aliphatic heterocycles. The largest absolute Gasteiger partial charge is 0.384 e. The lowest BCUT2D eigenvalue weighted by atomic mass is 9.97. The molecule has 10 heteroatoms. The highest BCUT2D eigenvalue weighted by Gasteiger charge is 2.23. The maximum atomic E-state index is 12.8. The number of fused-ring (bicyclic) bond motifs is 3. The SMILES string of the molecule is Cn1c(N)c(C(=O)CSc2ncnc3sc4c(c23)CCCC4)c(=O)n(C)c1=O. The molecule has 3 heterocycles. The number of nitrogens with two attached hydrogens (primary N) is 1. The summed E-state index contributed by atoms with van der Waals surface area (Å²) < 4.78 is 2.00. The molecule has 0 unspecified atom stereocenters. The van der Waals surface area contributed by atoms with E-state index in [1.807, 2.05) is 0 Å². The Balaban J connectivity index is 1.68. The number of nitrogens with zero attached hydrogens (tertiary/aromatic N) is 4. The Bertz CT molecular complexity index is 1220. The van der Waals surface area contributed by atoms with Crippen molar-refractivity contribution in [3.8, 4) is 0 Å². The van der Waals surface area contributed by atoms with E-state index in [0.717, 1.165) is 43.6 Å². The molecule has 0 spiro atoms. The zero-order chi connectivity index (χ0) is 20.0. The lowest BCUT2D eigenvalue weighted by molar-refractivity contribution is 0.102. The second kappa shape index (κ2) is 7.17. The zero-order valence-electron chi connectivity index (χ0n) is 15.5. The van der Waals surface area contributed by atoms with Gasteiger partial charge in [0.2, 0.25) is 0 Å². The lowest BCUT2D eigenvalue weighted by Crippen LogP contribution is -2.41. The average Bonchev–Trinajstić information content (AvgIpc) is 3.08. The Labute approximate surface area is 168 Å². The highest BCUT2D eigenvalue weighted by atomic mass is 32.2. The van der Waals surface area contributed by atoms with Gasteiger partial charge in [0, 0.05) is 24.4 Å². The number of thioether (sulfide) groups is 1. The maximum absolute atomic E-state index is 12.8. The van der Waals surface area contributed by atoms with E-state index in [4.69, 9.17) is 5.73 Å². The van der Waals surface area contributed by atoms with Crippen LogP contribution in [0.4, 0.5) is 5.82 Å². The summed E-state index contributed by atoms with van der Waals surface area (Å²) in [5.41, 5.74) is 5.78. The Morgan fingerprint density at radius 1 is 1.21 bits per heavy atom. The van der Waals surface area contributed by atoms with E-state index in [-0.39, 0.29) is 17.1 Å². The van der Waals surface area contributed by atoms with Crippen LogP contribution >= 0.6 is 23.1 Å². The summed E-state index contributed by atoms with van der Waals surface area (Å²) in [5, 5.41) is 1.78. The molecule has 0 fully saturated rings. The number of rotatable bonds is 4. The number of thiophene rings is 1. The Hall–Kier alpha value is -2.46. The van der Waals surface area contributed by atoms with Crippen molar-refractivity contribution in [3.05, 3.63) is 43.2 Å². The van der Waals surface area contributed by atoms with Gasteiger partial charge in [-0.05, 0) is 31.2 Å². The van der Waals surface area contributed by atoms with Crippen molar-refractivity contribution >= 4 is 44.9 Å². The van der Waals surface area contributed by atoms with Crippen LogP contribution in [0.2, 0.25) is 0 Å². The predicted octanol–water partition coefficient (Wildman–Crippen LogP) is 1.52. The average molecular weight is 418 g/mol. The van der Waals surface area contributed by atoms with E-state index >= 15 is 0 Å². The lowest BCUT2D eigenvalue weighted by Gasteiger charge is -2.12. The van der Waals surface area contributed by atoms with Gasteiger partial charge >= 0.3 is 5.69 Å². The predicted molar refractivity (Wildman–Crippen MR) is 110 cm³/mol. The van der Waals surface area contributed by atoms with Crippen LogP contribution in [0.3, 0.4) is 0 Å². The molecule has 1 aliphatic rings. The Morgan fingerprint density at radius 2 is 1.96 bits per heavy atom. The van der Waals surface area contributed by atoms with Gasteiger partial charge in [-0.25, -0.2) is 14.8 Å². The Kier molecular flexibility index (Phi) is 4.84. The Morgan fingerprint density at radius 3 is 2.75 bits per heavy atom. The van der Waals surface area contributed by atoms with Crippen molar-refractivity contribution in [2.45, 2.75) is 30.7 Å². The summed E-state index contributed by atoms with van der Waals surface area (Å²) in [5.74, 6) is -0.525. The standard InChI is InChI=1S/C18H19N5O3S2/c1-22-14(19)13(17(25)23(2)18(22)26)10(24)7-27-15-12-9-5-3-4-6-11(9)28-16(12)21-8-20-15/h8H,3-7,19H2,1-2H3. The fourth-order valence-corrected chi connectivity index (χ4v) is 5.69. The van der Waals surface area contributed by atoms with Crippen molar-refractivity contribution < 1.29 is 4.79 Å². The first-order valence-corrected chi connectivity index (χ1v) is 10.7. The van der Waals surface area contributed by atoms with Crippen LogP contribution in [0.5, 0.6) is 0 Å². The normalized spacial score (nSPS) is 13.6. The van der Waals surface area contributed by atoms with Crippen molar-refractivity contribution in [3.63, 3.8) is 0 Å². The van der Waals surface area contributed by atoms with Gasteiger partial charge in [-0.15, -0.1) is 11.3 Å². The molecule has 28 heavy (non-hydrogen) atoms. The number of anilines is 1. The molecule has 0 saturated carbocycles. The number of hydrogen-bond donors (Lipinski definition) is 1. The molecule has 1 aliphatic carbocycles. The van der Waals surface area contributed by atoms with Gasteiger partial charge in [0.15, 0.2) is 5.78 Å². The maximum Gasteiger partial charge on any atom is 0.332 e. The van der Waals surface area contributed by atoms with E-state index in [0.29, 0.717) is 0 Å². The van der Waals surface area contributed by atoms with Crippen molar-refractivity contribution in [1.82, 2.24) is 19.1 Å². The first-order chi connectivity index (χ1) is 13.4. The number of Topliss-reactive ketones (excluding diaryl/α,β-unsaturated/α-hetero) is 1. The minimum atomic E-state index is -0.674. The third kappa shape index (κ3) is 2.96. The van der Waals surface area contributed by atoms with E-state index in [2.05, 4.69) is 9.97 Å². The summed E-state index contributed by atoms with van der Waals surface area (Å²) in [7, 11) is 2.77. The van der Waals surface area contributed by atoms with Gasteiger partial charge in [0.1, 0.15) is 27.6 Å². The van der Waals surface area contributed by atoms with Crippen LogP contribution in [-0.4, -0.2) is 30.6 Å². The topological polar surface area (TPSA) is 113 Å². The molecule has 3 aromatic heterocycles. The van der Waals surface area contributed by atoms with E-state index in [1.54, 1.807) is 11.3 Å². The second-order valence-electron chi connectivity index (χ2n) is 6.75. The van der Waals surface area contributed by atoms with Crippen LogP contribution in [0.15, 0.2) is 20.9 Å². The quantitative estimate of drug-likeness (QED) is 0.389. The molecule has 0 bridgehead atoms. The third-order valence-electron chi connectivity index (χ3n) is 5.05. The molecule has 0 radical (unpaired) electrons. The molecule has 3 aromatic rings. The fraction of sp³-hybridized carbons (Fsp3) is 0.389. The first-order valence-electron chi connectivity index (χ1n) is 8.87. The molecule has 146 valence electrons. The van der Waals surface area contributed by atoms with Crippen LogP contribution in [0.1, 0.15) is 33.6 Å². The van der Waals surface area contributed by atoms with Gasteiger partial charge in [0.05, 0.1) is 5.75 Å². The van der Waals surface area contributed by atoms with Crippen LogP contribution in [-0.2, 0) is 26.9 Å². The summed E-state index contributed by atoms with van der Waals surface area (Å²) in [6.45, 7) is 0. The number of carbonyl (C=O) groups is 1. The number of hydrogen-bond acceptors (Lipinski definition) is 8. The summed E-state index contributed by atoms with van der Waals surface area (Å²) in [4.78, 5) is 48.2. The molecular formula is C18H19N5O3S2. The first kappa shape index (κ1) is 18.9. The number of aryl methyl sites for hydroxylation is 2. The molecule has 0 saturated heterocycles. The molecule has 4 rings (SSSR count). The van der Waals surface area contributed by atoms with Gasteiger partial charge in [-0.1, -0.05) is 11.8 Å². The summed E-state index contributed by atoms with van der Waals surface area (Å²) >= 11 is 2.97. The van der Waals surface area contributed by atoms with Gasteiger partial charge in [-0.2, -0.15) is 0 Å². The highest BCUT2D eigenvalue weighted by Crippen LogP contribution is 2.39. The number of nitrogen functional groups attached to an aromatic ring is 1. The number of aromatic nitrogens is 4. The third-order valence-corrected chi connectivity index (χ3v) is 7.23. The number of carbonyl (C=O) groups excluding carboxylic acids is 1. The van der Waals surface area contributed by atoms with Crippen LogP contribution < -0.4 is 17.0 Å². The molecular weight excluding hydrogens is 398 g/mol. The molecule has 0 amide bonds. The fourth-order valence-electron chi connectivity index (χ4n) is 3.50. The van der Waals surface area contributed by atoms with Crippen molar-refractivity contribution in [2.24, 2.45) is 14.1 Å². The highest BCUT2D eigenvalue weighted by molar-refractivity contribution is 8.00. The summed E-state index contributed by atoms with van der Waals surface area (Å²) in [6, 6.07) is 0. The monoisotopic (exact) mass is 417 g/mol. The van der Waals surface area contributed by atoms with E-state index in [1.165, 1.54) is 49.0 Å². The smallest absolute Gasteiger partial charge is 0.332 e. The van der Waals surface area contributed by atoms with Gasteiger partial charge in [-0.3, -0.25) is 18.7 Å². The summed E-state index contributed by atoms with van der Waals surface area (Å²) in [6.07, 6.45) is 5.89. The van der Waals surface area contributed by atoms with Gasteiger partial charge < -0.3 is 5.73 Å².